The second-order valence-corrected chi connectivity index (χ2v) is 5.77. The van der Waals surface area contributed by atoms with Gasteiger partial charge in [-0.15, -0.1) is 10.2 Å². The van der Waals surface area contributed by atoms with E-state index in [1.54, 1.807) is 12.3 Å². The van der Waals surface area contributed by atoms with Crippen LogP contribution in [0.4, 0.5) is 23.1 Å². The van der Waals surface area contributed by atoms with Gasteiger partial charge in [-0.1, -0.05) is 0 Å². The quantitative estimate of drug-likeness (QED) is 0.576. The minimum absolute atomic E-state index is 0.0813. The number of anilines is 4. The van der Waals surface area contributed by atoms with Crippen LogP contribution in [0.15, 0.2) is 36.7 Å². The average molecular weight is 393 g/mol. The second-order valence-electron chi connectivity index (χ2n) is 5.77. The molecule has 0 unspecified atom stereocenters. The first-order valence-corrected chi connectivity index (χ1v) is 8.30. The molecule has 146 valence electrons. The summed E-state index contributed by atoms with van der Waals surface area (Å²) < 4.78 is 27.1. The van der Waals surface area contributed by atoms with Crippen LogP contribution in [0, 0.1) is 18.3 Å². The Morgan fingerprint density at radius 3 is 2.72 bits per heavy atom. The summed E-state index contributed by atoms with van der Waals surface area (Å²) in [6.07, 6.45) is 3.00. The minimum Gasteiger partial charge on any atom is -0.492 e. The highest BCUT2D eigenvalue weighted by Gasteiger charge is 2.18. The fourth-order valence-corrected chi connectivity index (χ4v) is 2.47. The van der Waals surface area contributed by atoms with Crippen molar-refractivity contribution >= 4 is 29.0 Å². The Hall–Kier alpha value is -4.26. The number of carbonyl (C=O) groups is 1. The van der Waals surface area contributed by atoms with Crippen molar-refractivity contribution in [3.63, 3.8) is 0 Å². The number of carbonyl (C=O) groups excluding carboxylic acids is 1. The number of methoxy groups -OCH3 is 1. The van der Waals surface area contributed by atoms with E-state index in [0.29, 0.717) is 5.82 Å². The number of nitriles is 1. The smallest absolute Gasteiger partial charge is 0.273 e. The maximum Gasteiger partial charge on any atom is 0.273 e. The standard InChI is InChI=1S/C19H18N8O2/c1-11-4-6-22-14(8-11)25-15-9-13(16(27-26-15)19(28)21-2)24-18-17(29-3)12(10-20)5-7-23-18/h4-9H,1-3H3,(H,21,28)(H2,22,23,24,25,26)/i2D3. The van der Waals surface area contributed by atoms with E-state index in [0.717, 1.165) is 5.56 Å². The molecule has 29 heavy (non-hydrogen) atoms. The molecule has 10 nitrogen and oxygen atoms in total. The van der Waals surface area contributed by atoms with E-state index in [4.69, 9.17) is 8.85 Å². The lowest BCUT2D eigenvalue weighted by Crippen LogP contribution is -2.21. The molecule has 0 aliphatic rings. The van der Waals surface area contributed by atoms with Gasteiger partial charge in [0, 0.05) is 29.5 Å². The molecule has 0 saturated heterocycles. The van der Waals surface area contributed by atoms with Crippen molar-refractivity contribution in [3.05, 3.63) is 53.5 Å². The molecule has 3 heterocycles. The largest absolute Gasteiger partial charge is 0.492 e. The number of nitrogens with one attached hydrogen (secondary N) is 3. The molecule has 3 N–H and O–H groups in total. The Labute approximate surface area is 171 Å². The van der Waals surface area contributed by atoms with Crippen molar-refractivity contribution in [2.45, 2.75) is 6.92 Å². The van der Waals surface area contributed by atoms with Gasteiger partial charge in [-0.2, -0.15) is 5.26 Å². The minimum atomic E-state index is -2.73. The molecular weight excluding hydrogens is 372 g/mol. The molecule has 0 aromatic carbocycles. The lowest BCUT2D eigenvalue weighted by molar-refractivity contribution is 0.0958. The summed E-state index contributed by atoms with van der Waals surface area (Å²) in [5.41, 5.74) is 0.959. The van der Waals surface area contributed by atoms with E-state index in [1.807, 2.05) is 24.4 Å². The van der Waals surface area contributed by atoms with Crippen molar-refractivity contribution < 1.29 is 13.6 Å². The number of pyridine rings is 2. The van der Waals surface area contributed by atoms with Gasteiger partial charge < -0.3 is 20.7 Å². The molecule has 0 saturated carbocycles. The number of nitrogens with zero attached hydrogens (tertiary/aromatic N) is 5. The number of hydrogen-bond donors (Lipinski definition) is 3. The molecule has 3 aromatic rings. The molecule has 0 radical (unpaired) electrons. The van der Waals surface area contributed by atoms with Crippen molar-refractivity contribution in [2.75, 3.05) is 24.7 Å². The molecule has 0 fully saturated rings. The fourth-order valence-electron chi connectivity index (χ4n) is 2.47. The van der Waals surface area contributed by atoms with E-state index in [-0.39, 0.29) is 34.3 Å². The number of ether oxygens (including phenoxy) is 1. The summed E-state index contributed by atoms with van der Waals surface area (Å²) in [6, 6.07) is 8.49. The van der Waals surface area contributed by atoms with Gasteiger partial charge in [0.05, 0.1) is 18.4 Å². The van der Waals surface area contributed by atoms with Gasteiger partial charge in [0.15, 0.2) is 23.1 Å². The fraction of sp³-hybridized carbons (Fsp3) is 0.158. The third-order valence-electron chi connectivity index (χ3n) is 3.78. The number of aromatic nitrogens is 4. The third-order valence-corrected chi connectivity index (χ3v) is 3.78. The van der Waals surface area contributed by atoms with Crippen LogP contribution >= 0.6 is 0 Å². The second kappa shape index (κ2) is 8.62. The van der Waals surface area contributed by atoms with Gasteiger partial charge in [0.2, 0.25) is 0 Å². The zero-order valence-corrected chi connectivity index (χ0v) is 15.5. The number of amides is 1. The van der Waals surface area contributed by atoms with Gasteiger partial charge in [0.1, 0.15) is 11.9 Å². The molecule has 0 spiro atoms. The van der Waals surface area contributed by atoms with Gasteiger partial charge in [-0.05, 0) is 30.7 Å². The predicted octanol–water partition coefficient (Wildman–Crippen LogP) is 2.30. The monoisotopic (exact) mass is 393 g/mol. The highest BCUT2D eigenvalue weighted by Crippen LogP contribution is 2.30. The molecular formula is C19H18N8O2. The van der Waals surface area contributed by atoms with Crippen LogP contribution in [-0.2, 0) is 0 Å². The number of hydrogen-bond acceptors (Lipinski definition) is 9. The normalized spacial score (nSPS) is 12.0. The van der Waals surface area contributed by atoms with Crippen LogP contribution in [0.5, 0.6) is 5.75 Å². The summed E-state index contributed by atoms with van der Waals surface area (Å²) in [4.78, 5) is 20.8. The topological polar surface area (TPSA) is 138 Å². The Morgan fingerprint density at radius 1 is 1.17 bits per heavy atom. The van der Waals surface area contributed by atoms with Crippen molar-refractivity contribution in [1.29, 1.82) is 5.26 Å². The zero-order chi connectivity index (χ0) is 23.3. The molecule has 0 aliphatic carbocycles. The van der Waals surface area contributed by atoms with Crippen molar-refractivity contribution in [2.24, 2.45) is 0 Å². The van der Waals surface area contributed by atoms with Crippen LogP contribution < -0.4 is 20.7 Å². The molecule has 0 atom stereocenters. The highest BCUT2D eigenvalue weighted by atomic mass is 16.5. The van der Waals surface area contributed by atoms with Gasteiger partial charge in [-0.3, -0.25) is 4.79 Å². The van der Waals surface area contributed by atoms with Gasteiger partial charge in [-0.25, -0.2) is 9.97 Å². The van der Waals surface area contributed by atoms with Crippen LogP contribution in [-0.4, -0.2) is 40.2 Å². The van der Waals surface area contributed by atoms with Crippen LogP contribution in [0.3, 0.4) is 0 Å². The van der Waals surface area contributed by atoms with E-state index in [2.05, 4.69) is 30.8 Å². The Balaban J connectivity index is 2.03. The highest BCUT2D eigenvalue weighted by molar-refractivity contribution is 5.98. The molecule has 0 aliphatic heterocycles. The lowest BCUT2D eigenvalue weighted by atomic mass is 10.2. The summed E-state index contributed by atoms with van der Waals surface area (Å²) in [7, 11) is 1.37. The first-order valence-electron chi connectivity index (χ1n) is 9.80. The summed E-state index contributed by atoms with van der Waals surface area (Å²) in [6.45, 7) is -0.830. The van der Waals surface area contributed by atoms with Crippen molar-refractivity contribution in [3.8, 4) is 11.8 Å². The van der Waals surface area contributed by atoms with Crippen molar-refractivity contribution in [1.82, 2.24) is 25.5 Å². The Morgan fingerprint density at radius 2 is 2.00 bits per heavy atom. The maximum absolute atomic E-state index is 12.5. The predicted molar refractivity (Wildman–Crippen MR) is 106 cm³/mol. The van der Waals surface area contributed by atoms with E-state index in [9.17, 15) is 10.1 Å². The summed E-state index contributed by atoms with van der Waals surface area (Å²) >= 11 is 0. The van der Waals surface area contributed by atoms with Crippen LogP contribution in [0.1, 0.15) is 25.7 Å². The number of rotatable bonds is 6. The van der Waals surface area contributed by atoms with E-state index < -0.39 is 12.9 Å². The maximum atomic E-state index is 12.5. The lowest BCUT2D eigenvalue weighted by Gasteiger charge is -2.14. The molecule has 1 amide bonds. The first-order chi connectivity index (χ1) is 15.2. The summed E-state index contributed by atoms with van der Waals surface area (Å²) in [5.74, 6) is 0.0140. The molecule has 0 bridgehead atoms. The molecule has 10 heteroatoms. The zero-order valence-electron chi connectivity index (χ0n) is 18.5. The number of aryl methyl sites for hydroxylation is 1. The molecule has 3 rings (SSSR count). The van der Waals surface area contributed by atoms with Gasteiger partial charge in [0.25, 0.3) is 5.91 Å². The third kappa shape index (κ3) is 4.36. The van der Waals surface area contributed by atoms with E-state index >= 15 is 0 Å². The van der Waals surface area contributed by atoms with E-state index in [1.165, 1.54) is 25.4 Å². The first kappa shape index (κ1) is 15.8. The van der Waals surface area contributed by atoms with Crippen LogP contribution in [0.2, 0.25) is 0 Å². The Kier molecular flexibility index (Phi) is 4.69. The SMILES string of the molecule is [2H]C([2H])([2H])NC(=O)c1nnc(Nc2cc(C)ccn2)cc1Nc1nccc(C#N)c1OC. The average Bonchev–Trinajstić information content (AvgIpc) is 2.72. The Bertz CT molecular complexity index is 1190. The van der Waals surface area contributed by atoms with Crippen LogP contribution in [0.25, 0.3) is 0 Å². The molecule has 3 aromatic heterocycles. The van der Waals surface area contributed by atoms with Gasteiger partial charge >= 0.3 is 0 Å². The summed E-state index contributed by atoms with van der Waals surface area (Å²) in [5, 5.41) is 24.8.